The van der Waals surface area contributed by atoms with Crippen molar-refractivity contribution < 1.29 is 9.53 Å². The van der Waals surface area contributed by atoms with Gasteiger partial charge < -0.3 is 15.0 Å². The van der Waals surface area contributed by atoms with Gasteiger partial charge in [-0.1, -0.05) is 0 Å². The lowest BCUT2D eigenvalue weighted by molar-refractivity contribution is 0.0143. The van der Waals surface area contributed by atoms with Gasteiger partial charge in [-0.3, -0.25) is 5.10 Å². The van der Waals surface area contributed by atoms with Crippen molar-refractivity contribution in [1.29, 1.82) is 5.26 Å². The molecule has 1 aromatic heterocycles. The second-order valence-electron chi connectivity index (χ2n) is 5.75. The molecule has 3 rings (SSSR count). The Balaban J connectivity index is 1.79. The quantitative estimate of drug-likeness (QED) is 0.887. The van der Waals surface area contributed by atoms with Gasteiger partial charge in [0.2, 0.25) is 0 Å². The van der Waals surface area contributed by atoms with Crippen LogP contribution in [0.1, 0.15) is 28.6 Å². The highest BCUT2D eigenvalue weighted by Gasteiger charge is 2.31. The van der Waals surface area contributed by atoms with Gasteiger partial charge in [0.05, 0.1) is 36.6 Å². The summed E-state index contributed by atoms with van der Waals surface area (Å²) in [6.45, 7) is 5.33. The van der Waals surface area contributed by atoms with Crippen LogP contribution < -0.4 is 5.32 Å². The van der Waals surface area contributed by atoms with E-state index in [0.29, 0.717) is 31.0 Å². The summed E-state index contributed by atoms with van der Waals surface area (Å²) in [5.41, 5.74) is 4.04. The lowest BCUT2D eigenvalue weighted by Gasteiger charge is -2.35. The first-order valence-electron chi connectivity index (χ1n) is 7.77. The first-order valence-corrected chi connectivity index (χ1v) is 7.77. The third kappa shape index (κ3) is 3.09. The van der Waals surface area contributed by atoms with Gasteiger partial charge >= 0.3 is 6.03 Å². The minimum atomic E-state index is -0.187. The van der Waals surface area contributed by atoms with Gasteiger partial charge in [-0.05, 0) is 38.1 Å². The monoisotopic (exact) mass is 325 g/mol. The van der Waals surface area contributed by atoms with Crippen LogP contribution in [0.4, 0.5) is 10.5 Å². The number of aromatic nitrogens is 2. The SMILES string of the molecule is Cc1n[nH]c(C)c1[C@@H]1COCCN1C(=O)Nc1ccc(C#N)cc1. The van der Waals surface area contributed by atoms with E-state index in [0.717, 1.165) is 17.0 Å². The minimum Gasteiger partial charge on any atom is -0.377 e. The number of ether oxygens (including phenoxy) is 1. The number of aryl methyl sites for hydroxylation is 2. The Morgan fingerprint density at radius 3 is 2.79 bits per heavy atom. The fourth-order valence-corrected chi connectivity index (χ4v) is 2.96. The third-order valence-corrected chi connectivity index (χ3v) is 4.17. The number of anilines is 1. The van der Waals surface area contributed by atoms with Crippen LogP contribution in [0.15, 0.2) is 24.3 Å². The number of nitrogens with zero attached hydrogens (tertiary/aromatic N) is 3. The Morgan fingerprint density at radius 2 is 2.17 bits per heavy atom. The van der Waals surface area contributed by atoms with Gasteiger partial charge in [0, 0.05) is 23.5 Å². The summed E-state index contributed by atoms with van der Waals surface area (Å²) in [5.74, 6) is 0. The third-order valence-electron chi connectivity index (χ3n) is 4.17. The average Bonchev–Trinajstić information content (AvgIpc) is 2.94. The molecule has 2 amide bonds. The number of nitriles is 1. The highest BCUT2D eigenvalue weighted by molar-refractivity contribution is 5.89. The second kappa shape index (κ2) is 6.72. The highest BCUT2D eigenvalue weighted by atomic mass is 16.5. The summed E-state index contributed by atoms with van der Waals surface area (Å²) in [6.07, 6.45) is 0. The molecule has 2 aromatic rings. The standard InChI is InChI=1S/C17H19N5O2/c1-11-16(12(2)21-20-11)15-10-24-8-7-22(15)17(23)19-14-5-3-13(9-18)4-6-14/h3-6,15H,7-8,10H2,1-2H3,(H,19,23)(H,20,21)/t15-/m0/s1. The van der Waals surface area contributed by atoms with Gasteiger partial charge in [-0.15, -0.1) is 0 Å². The summed E-state index contributed by atoms with van der Waals surface area (Å²) in [5, 5.41) is 18.9. The highest BCUT2D eigenvalue weighted by Crippen LogP contribution is 2.28. The summed E-state index contributed by atoms with van der Waals surface area (Å²) in [4.78, 5) is 14.5. The lowest BCUT2D eigenvalue weighted by Crippen LogP contribution is -2.45. The van der Waals surface area contributed by atoms with Gasteiger partial charge in [-0.2, -0.15) is 10.4 Å². The van der Waals surface area contributed by atoms with E-state index in [9.17, 15) is 4.79 Å². The largest absolute Gasteiger partial charge is 0.377 e. The number of carbonyl (C=O) groups excluding carboxylic acids is 1. The zero-order chi connectivity index (χ0) is 17.1. The van der Waals surface area contributed by atoms with E-state index in [2.05, 4.69) is 21.6 Å². The average molecular weight is 325 g/mol. The van der Waals surface area contributed by atoms with Crippen LogP contribution in [0.3, 0.4) is 0 Å². The normalized spacial score (nSPS) is 17.4. The molecule has 1 aliphatic rings. The molecule has 2 heterocycles. The Bertz CT molecular complexity index is 756. The smallest absolute Gasteiger partial charge is 0.322 e. The molecule has 7 nitrogen and oxygen atoms in total. The number of hydrogen-bond acceptors (Lipinski definition) is 4. The van der Waals surface area contributed by atoms with Gasteiger partial charge in [0.25, 0.3) is 0 Å². The van der Waals surface area contributed by atoms with E-state index in [1.54, 1.807) is 29.2 Å². The number of hydrogen-bond donors (Lipinski definition) is 2. The second-order valence-corrected chi connectivity index (χ2v) is 5.75. The predicted octanol–water partition coefficient (Wildman–Crippen LogP) is 2.50. The fraction of sp³-hybridized carbons (Fsp3) is 0.353. The van der Waals surface area contributed by atoms with E-state index >= 15 is 0 Å². The van der Waals surface area contributed by atoms with E-state index in [1.165, 1.54) is 0 Å². The summed E-state index contributed by atoms with van der Waals surface area (Å²) in [6, 6.07) is 8.50. The molecule has 1 fully saturated rings. The first kappa shape index (κ1) is 16.0. The zero-order valence-corrected chi connectivity index (χ0v) is 13.7. The molecule has 1 saturated heterocycles. The molecular formula is C17H19N5O2. The van der Waals surface area contributed by atoms with E-state index in [4.69, 9.17) is 10.00 Å². The van der Waals surface area contributed by atoms with Gasteiger partial charge in [0.1, 0.15) is 0 Å². The molecule has 24 heavy (non-hydrogen) atoms. The number of nitrogens with one attached hydrogen (secondary N) is 2. The van der Waals surface area contributed by atoms with Gasteiger partial charge in [0.15, 0.2) is 0 Å². The zero-order valence-electron chi connectivity index (χ0n) is 13.7. The molecule has 2 N–H and O–H groups in total. The van der Waals surface area contributed by atoms with Crippen LogP contribution in [0.25, 0.3) is 0 Å². The van der Waals surface area contributed by atoms with Gasteiger partial charge in [-0.25, -0.2) is 4.79 Å². The number of morpholine rings is 1. The van der Waals surface area contributed by atoms with E-state index in [1.807, 2.05) is 13.8 Å². The molecule has 0 unspecified atom stereocenters. The summed E-state index contributed by atoms with van der Waals surface area (Å²) in [7, 11) is 0. The molecule has 1 aromatic carbocycles. The topological polar surface area (TPSA) is 94.0 Å². The Morgan fingerprint density at radius 1 is 1.42 bits per heavy atom. The molecule has 0 radical (unpaired) electrons. The van der Waals surface area contributed by atoms with E-state index < -0.39 is 0 Å². The maximum absolute atomic E-state index is 12.7. The molecule has 1 atom stereocenters. The fourth-order valence-electron chi connectivity index (χ4n) is 2.96. The predicted molar refractivity (Wildman–Crippen MR) is 88.5 cm³/mol. The van der Waals surface area contributed by atoms with Crippen molar-refractivity contribution in [2.75, 3.05) is 25.1 Å². The van der Waals surface area contributed by atoms with Crippen LogP contribution in [0.2, 0.25) is 0 Å². The molecular weight excluding hydrogens is 306 g/mol. The van der Waals surface area contributed by atoms with Crippen LogP contribution in [0.5, 0.6) is 0 Å². The molecule has 0 spiro atoms. The van der Waals surface area contributed by atoms with Crippen molar-refractivity contribution in [2.24, 2.45) is 0 Å². The van der Waals surface area contributed by atoms with Crippen LogP contribution >= 0.6 is 0 Å². The number of aromatic amines is 1. The first-order chi connectivity index (χ1) is 11.6. The van der Waals surface area contributed by atoms with Crippen LogP contribution in [0, 0.1) is 25.2 Å². The van der Waals surface area contributed by atoms with Crippen molar-refractivity contribution in [2.45, 2.75) is 19.9 Å². The van der Waals surface area contributed by atoms with Crippen molar-refractivity contribution >= 4 is 11.7 Å². The lowest BCUT2D eigenvalue weighted by atomic mass is 10.0. The van der Waals surface area contributed by atoms with Crippen molar-refractivity contribution in [3.8, 4) is 6.07 Å². The summed E-state index contributed by atoms with van der Waals surface area (Å²) < 4.78 is 5.58. The number of amides is 2. The Labute approximate surface area is 140 Å². The maximum atomic E-state index is 12.7. The van der Waals surface area contributed by atoms with E-state index in [-0.39, 0.29) is 12.1 Å². The minimum absolute atomic E-state index is 0.170. The number of rotatable bonds is 2. The Hall–Kier alpha value is -2.85. The molecule has 0 aliphatic carbocycles. The van der Waals surface area contributed by atoms with Crippen LogP contribution in [-0.4, -0.2) is 40.9 Å². The molecule has 7 heteroatoms. The summed E-state index contributed by atoms with van der Waals surface area (Å²) >= 11 is 0. The van der Waals surface area contributed by atoms with Crippen molar-refractivity contribution in [3.63, 3.8) is 0 Å². The number of H-pyrrole nitrogens is 1. The molecule has 0 saturated carbocycles. The molecule has 0 bridgehead atoms. The van der Waals surface area contributed by atoms with Crippen molar-refractivity contribution in [1.82, 2.24) is 15.1 Å². The number of carbonyl (C=O) groups is 1. The Kier molecular flexibility index (Phi) is 4.49. The van der Waals surface area contributed by atoms with Crippen LogP contribution in [-0.2, 0) is 4.74 Å². The molecule has 124 valence electrons. The maximum Gasteiger partial charge on any atom is 0.322 e. The number of urea groups is 1. The number of benzene rings is 1. The molecule has 1 aliphatic heterocycles. The van der Waals surface area contributed by atoms with Crippen molar-refractivity contribution in [3.05, 3.63) is 46.8 Å².